The fraction of sp³-hybridized carbons (Fsp3) is 0.923. The predicted molar refractivity (Wildman–Crippen MR) is 69.4 cm³/mol. The van der Waals surface area contributed by atoms with E-state index in [1.54, 1.807) is 0 Å². The Morgan fingerprint density at radius 2 is 1.69 bits per heavy atom. The summed E-state index contributed by atoms with van der Waals surface area (Å²) < 4.78 is 0. The first-order valence-corrected chi connectivity index (χ1v) is 6.25. The smallest absolute Gasteiger partial charge is 0.234 e. The van der Waals surface area contributed by atoms with Crippen LogP contribution >= 0.6 is 0 Å². The number of carbonyl (C=O) groups excluding carboxylic acids is 1. The van der Waals surface area contributed by atoms with E-state index in [1.807, 2.05) is 20.8 Å². The molecule has 0 rings (SSSR count). The molecule has 3 nitrogen and oxygen atoms in total. The van der Waals surface area contributed by atoms with E-state index in [0.717, 1.165) is 12.3 Å². The monoisotopic (exact) mass is 228 g/mol. The van der Waals surface area contributed by atoms with Crippen molar-refractivity contribution >= 4 is 5.91 Å². The summed E-state index contributed by atoms with van der Waals surface area (Å²) in [6.07, 6.45) is 2.33. The Bertz CT molecular complexity index is 206. The Kier molecular flexibility index (Phi) is 6.65. The molecule has 0 aromatic carbocycles. The Labute approximate surface area is 100 Å². The summed E-state index contributed by atoms with van der Waals surface area (Å²) in [7, 11) is 0. The molecule has 0 aliphatic heterocycles. The summed E-state index contributed by atoms with van der Waals surface area (Å²) in [5.74, 6) is 0.802. The van der Waals surface area contributed by atoms with Crippen molar-refractivity contribution in [2.24, 2.45) is 5.92 Å². The molecule has 0 saturated heterocycles. The first-order chi connectivity index (χ1) is 7.20. The molecular formula is C13H28N2O. The highest BCUT2D eigenvalue weighted by atomic mass is 16.2. The van der Waals surface area contributed by atoms with Crippen LogP contribution in [0.4, 0.5) is 0 Å². The van der Waals surface area contributed by atoms with Crippen molar-refractivity contribution in [1.29, 1.82) is 0 Å². The van der Waals surface area contributed by atoms with Gasteiger partial charge in [-0.2, -0.15) is 0 Å². The van der Waals surface area contributed by atoms with Gasteiger partial charge in [-0.15, -0.1) is 0 Å². The molecule has 3 heteroatoms. The molecule has 0 aromatic heterocycles. The quantitative estimate of drug-likeness (QED) is 0.732. The van der Waals surface area contributed by atoms with Crippen molar-refractivity contribution in [3.8, 4) is 0 Å². The average molecular weight is 228 g/mol. The van der Waals surface area contributed by atoms with Crippen molar-refractivity contribution in [3.05, 3.63) is 0 Å². The molecule has 0 aromatic rings. The third-order valence-electron chi connectivity index (χ3n) is 2.30. The molecule has 1 amide bonds. The third kappa shape index (κ3) is 9.97. The lowest BCUT2D eigenvalue weighted by Gasteiger charge is -2.21. The SMILES string of the molecule is CC(C)CCC(C)NCC(=O)NC(C)(C)C. The van der Waals surface area contributed by atoms with E-state index >= 15 is 0 Å². The van der Waals surface area contributed by atoms with Gasteiger partial charge < -0.3 is 10.6 Å². The van der Waals surface area contributed by atoms with Crippen LogP contribution in [0.25, 0.3) is 0 Å². The highest BCUT2D eigenvalue weighted by Crippen LogP contribution is 2.06. The van der Waals surface area contributed by atoms with Gasteiger partial charge in [-0.05, 0) is 46.5 Å². The van der Waals surface area contributed by atoms with E-state index in [-0.39, 0.29) is 11.4 Å². The van der Waals surface area contributed by atoms with Gasteiger partial charge in [0.2, 0.25) is 5.91 Å². The van der Waals surface area contributed by atoms with Gasteiger partial charge in [0.05, 0.1) is 6.54 Å². The summed E-state index contributed by atoms with van der Waals surface area (Å²) >= 11 is 0. The van der Waals surface area contributed by atoms with Crippen molar-refractivity contribution in [2.75, 3.05) is 6.54 Å². The van der Waals surface area contributed by atoms with E-state index in [2.05, 4.69) is 31.4 Å². The number of carbonyl (C=O) groups is 1. The van der Waals surface area contributed by atoms with Crippen molar-refractivity contribution in [2.45, 2.75) is 66.0 Å². The van der Waals surface area contributed by atoms with E-state index in [0.29, 0.717) is 12.6 Å². The lowest BCUT2D eigenvalue weighted by atomic mass is 10.0. The molecule has 0 spiro atoms. The van der Waals surface area contributed by atoms with Crippen LogP contribution in [0, 0.1) is 5.92 Å². The number of hydrogen-bond acceptors (Lipinski definition) is 2. The Hall–Kier alpha value is -0.570. The van der Waals surface area contributed by atoms with E-state index < -0.39 is 0 Å². The van der Waals surface area contributed by atoms with Gasteiger partial charge >= 0.3 is 0 Å². The van der Waals surface area contributed by atoms with Crippen LogP contribution in [0.3, 0.4) is 0 Å². The molecule has 0 saturated carbocycles. The number of hydrogen-bond donors (Lipinski definition) is 2. The number of nitrogens with one attached hydrogen (secondary N) is 2. The number of rotatable bonds is 6. The standard InChI is InChI=1S/C13H28N2O/c1-10(2)7-8-11(3)14-9-12(16)15-13(4,5)6/h10-11,14H,7-9H2,1-6H3,(H,15,16). The van der Waals surface area contributed by atoms with E-state index in [4.69, 9.17) is 0 Å². The molecule has 1 atom stereocenters. The lowest BCUT2D eigenvalue weighted by Crippen LogP contribution is -2.46. The molecule has 0 fully saturated rings. The summed E-state index contributed by atoms with van der Waals surface area (Å²) in [5.41, 5.74) is -0.139. The molecule has 0 radical (unpaired) electrons. The summed E-state index contributed by atoms with van der Waals surface area (Å²) in [6.45, 7) is 13.0. The maximum Gasteiger partial charge on any atom is 0.234 e. The Morgan fingerprint density at radius 3 is 2.12 bits per heavy atom. The predicted octanol–water partition coefficient (Wildman–Crippen LogP) is 2.32. The molecule has 16 heavy (non-hydrogen) atoms. The van der Waals surface area contributed by atoms with Crippen LogP contribution in [0.5, 0.6) is 0 Å². The molecule has 2 N–H and O–H groups in total. The lowest BCUT2D eigenvalue weighted by molar-refractivity contribution is -0.121. The second-order valence-electron chi connectivity index (χ2n) is 6.05. The van der Waals surface area contributed by atoms with Gasteiger partial charge in [-0.25, -0.2) is 0 Å². The van der Waals surface area contributed by atoms with Crippen LogP contribution in [-0.2, 0) is 4.79 Å². The van der Waals surface area contributed by atoms with Crippen LogP contribution in [0.2, 0.25) is 0 Å². The van der Waals surface area contributed by atoms with E-state index in [9.17, 15) is 4.79 Å². The maximum atomic E-state index is 11.5. The second kappa shape index (κ2) is 6.89. The first-order valence-electron chi connectivity index (χ1n) is 6.25. The van der Waals surface area contributed by atoms with Gasteiger partial charge in [0.1, 0.15) is 0 Å². The van der Waals surface area contributed by atoms with Crippen LogP contribution in [0.1, 0.15) is 54.4 Å². The van der Waals surface area contributed by atoms with Crippen molar-refractivity contribution in [3.63, 3.8) is 0 Å². The Balaban J connectivity index is 3.67. The van der Waals surface area contributed by atoms with Crippen LogP contribution < -0.4 is 10.6 Å². The first kappa shape index (κ1) is 15.4. The highest BCUT2D eigenvalue weighted by Gasteiger charge is 2.13. The molecule has 0 bridgehead atoms. The summed E-state index contributed by atoms with van der Waals surface area (Å²) in [5, 5.41) is 6.19. The zero-order valence-corrected chi connectivity index (χ0v) is 11.7. The van der Waals surface area contributed by atoms with Gasteiger partial charge in [0.25, 0.3) is 0 Å². The van der Waals surface area contributed by atoms with Crippen LogP contribution in [0.15, 0.2) is 0 Å². The second-order valence-corrected chi connectivity index (χ2v) is 6.05. The van der Waals surface area contributed by atoms with Crippen LogP contribution in [-0.4, -0.2) is 24.0 Å². The molecular weight excluding hydrogens is 200 g/mol. The van der Waals surface area contributed by atoms with Gasteiger partial charge in [-0.1, -0.05) is 13.8 Å². The minimum atomic E-state index is -0.139. The number of amides is 1. The molecule has 1 unspecified atom stereocenters. The van der Waals surface area contributed by atoms with Crippen molar-refractivity contribution < 1.29 is 4.79 Å². The van der Waals surface area contributed by atoms with Gasteiger partial charge in [-0.3, -0.25) is 4.79 Å². The van der Waals surface area contributed by atoms with Gasteiger partial charge in [0, 0.05) is 11.6 Å². The topological polar surface area (TPSA) is 41.1 Å². The molecule has 96 valence electrons. The summed E-state index contributed by atoms with van der Waals surface area (Å²) in [6, 6.07) is 0.410. The molecule has 0 aliphatic rings. The Morgan fingerprint density at radius 1 is 1.12 bits per heavy atom. The van der Waals surface area contributed by atoms with Crippen molar-refractivity contribution in [1.82, 2.24) is 10.6 Å². The fourth-order valence-corrected chi connectivity index (χ4v) is 1.41. The maximum absolute atomic E-state index is 11.5. The normalized spacial score (nSPS) is 13.9. The average Bonchev–Trinajstić information content (AvgIpc) is 2.08. The zero-order valence-electron chi connectivity index (χ0n) is 11.7. The molecule has 0 heterocycles. The van der Waals surface area contributed by atoms with E-state index in [1.165, 1.54) is 6.42 Å². The fourth-order valence-electron chi connectivity index (χ4n) is 1.41. The summed E-state index contributed by atoms with van der Waals surface area (Å²) in [4.78, 5) is 11.5. The highest BCUT2D eigenvalue weighted by molar-refractivity contribution is 5.78. The third-order valence-corrected chi connectivity index (χ3v) is 2.30. The minimum absolute atomic E-state index is 0.0731. The zero-order chi connectivity index (χ0) is 12.8. The molecule has 0 aliphatic carbocycles. The largest absolute Gasteiger partial charge is 0.350 e. The van der Waals surface area contributed by atoms with Gasteiger partial charge in [0.15, 0.2) is 0 Å². The minimum Gasteiger partial charge on any atom is -0.350 e.